The molecule has 11 aromatic carbocycles. The molecule has 0 bridgehead atoms. The van der Waals surface area contributed by atoms with Crippen LogP contribution in [-0.4, -0.2) is 178 Å². The van der Waals surface area contributed by atoms with Crippen LogP contribution in [0.5, 0.6) is 0 Å². The molecule has 0 aliphatic heterocycles. The van der Waals surface area contributed by atoms with Crippen LogP contribution in [0, 0.1) is 0 Å². The van der Waals surface area contributed by atoms with E-state index in [1.807, 2.05) is 239 Å². The highest BCUT2D eigenvalue weighted by molar-refractivity contribution is 6.10. The van der Waals surface area contributed by atoms with Crippen LogP contribution in [-0.2, 0) is 56.7 Å². The summed E-state index contributed by atoms with van der Waals surface area (Å²) in [6.45, 7) is 12.7. The SMILES string of the molecule is CC(=O)c1ccc2[nH]c(COC(=O)c3cccc([N+](C)(C)C)c3)cc2c1.CC(=O)c1ccc2[nH]c(COC(=O)c3cccc([N+](C)(C)C)c3)cc2c1.CC(C)c1ccc2[nH]c(COC(=O)c3cccc([N+](C)(C)C)c3)cc2c1.CC(C)c1ccc2[nH]c(COC(=O)c3cccc([N+](C)(C)C)c3)cc2c1.C[N+](C)(C)c1cccc(C(=O)OCc2cc3cc(C(=O)c4ccccc4)ccc3[nH]2)c1. The number of quaternary nitrogens is 5. The highest BCUT2D eigenvalue weighted by atomic mass is 16.5. The number of benzene rings is 11. The van der Waals surface area contributed by atoms with Crippen LogP contribution >= 0.6 is 0 Å². The summed E-state index contributed by atoms with van der Waals surface area (Å²) in [5, 5.41) is 5.05. The van der Waals surface area contributed by atoms with Gasteiger partial charge in [0.2, 0.25) is 0 Å². The Bertz CT molecular complexity index is 6690. The number of nitrogens with one attached hydrogen (secondary N) is 5. The number of nitrogens with zero attached hydrogens (tertiary/aromatic N) is 5. The molecule has 5 aromatic heterocycles. The predicted molar refractivity (Wildman–Crippen MR) is 545 cm³/mol. The lowest BCUT2D eigenvalue weighted by Crippen LogP contribution is -2.34. The highest BCUT2D eigenvalue weighted by Crippen LogP contribution is 2.31. The van der Waals surface area contributed by atoms with Crippen LogP contribution in [0.25, 0.3) is 54.5 Å². The second kappa shape index (κ2) is 42.4. The standard InChI is InChI=1S/C26H24N2O3.2C22H27N2O2.2C21H22N2O3/c1-28(2,3)23-11-7-10-20(16-23)26(30)31-17-22-15-21-14-19(12-13-24(21)27-22)25(29)18-8-5-4-6-9-18;2*1-15(2)16-9-10-21-18(11-16)12-19(23-21)14-26-22(25)17-7-6-8-20(13-17)24(3,4)5;2*1-14(24)15-8-9-20-17(10-15)11-18(22-20)13-26-21(25)16-6-5-7-19(12-16)23(2,3)4/h4-16H,17H2,1-3H3;2*6-13,15,23H,14H2,1-5H3;2*5-12H,13H2,1-4H3/q;2*+1;;/p+3. The molecule has 0 spiro atoms. The summed E-state index contributed by atoms with van der Waals surface area (Å²) in [5.41, 5.74) is 22.2. The number of ether oxygens (including phenoxy) is 5. The van der Waals surface area contributed by atoms with E-state index < -0.39 is 0 Å². The van der Waals surface area contributed by atoms with Crippen molar-refractivity contribution in [2.24, 2.45) is 0 Å². The van der Waals surface area contributed by atoms with E-state index in [9.17, 15) is 38.4 Å². The van der Waals surface area contributed by atoms with E-state index in [-0.39, 0.29) is 80.2 Å². The minimum atomic E-state index is -0.367. The lowest BCUT2D eigenvalue weighted by molar-refractivity contribution is 0.0460. The van der Waals surface area contributed by atoms with Crippen molar-refractivity contribution in [3.63, 3.8) is 0 Å². The minimum Gasteiger partial charge on any atom is -0.456 e. The molecule has 135 heavy (non-hydrogen) atoms. The molecule has 0 aliphatic carbocycles. The summed E-state index contributed by atoms with van der Waals surface area (Å²) in [5.74, 6) is -0.678. The maximum absolute atomic E-state index is 12.7. The summed E-state index contributed by atoms with van der Waals surface area (Å²) in [6.07, 6.45) is 0. The first-order chi connectivity index (χ1) is 63.8. The molecule has 5 N–H and O–H groups in total. The van der Waals surface area contributed by atoms with Gasteiger partial charge < -0.3 is 48.6 Å². The zero-order chi connectivity index (χ0) is 97.6. The van der Waals surface area contributed by atoms with Gasteiger partial charge in [0.25, 0.3) is 0 Å². The topological polar surface area (TPSA) is 262 Å². The van der Waals surface area contributed by atoms with E-state index in [1.54, 1.807) is 62.4 Å². The van der Waals surface area contributed by atoms with Gasteiger partial charge in [-0.05, 0) is 207 Å². The van der Waals surface area contributed by atoms with Crippen LogP contribution in [0.15, 0.2) is 273 Å². The molecule has 16 rings (SSSR count). The molecule has 0 aliphatic rings. The normalized spacial score (nSPS) is 11.7. The van der Waals surface area contributed by atoms with Gasteiger partial charge >= 0.3 is 29.8 Å². The molecule has 696 valence electrons. The Kier molecular flexibility index (Phi) is 31.2. The minimum absolute atomic E-state index is 0.0196. The van der Waals surface area contributed by atoms with E-state index in [4.69, 9.17) is 23.7 Å². The Hall–Kier alpha value is -14.7. The third-order valence-electron chi connectivity index (χ3n) is 23.0. The Morgan fingerprint density at radius 2 is 0.444 bits per heavy atom. The van der Waals surface area contributed by atoms with Crippen LogP contribution in [0.1, 0.15) is 181 Å². The van der Waals surface area contributed by atoms with Gasteiger partial charge in [0.15, 0.2) is 17.3 Å². The molecule has 0 radical (unpaired) electrons. The lowest BCUT2D eigenvalue weighted by atomic mass is 10.0. The number of aromatic nitrogens is 5. The molecule has 0 fully saturated rings. The van der Waals surface area contributed by atoms with Gasteiger partial charge in [-0.15, -0.1) is 0 Å². The second-order valence-electron chi connectivity index (χ2n) is 38.9. The van der Waals surface area contributed by atoms with Crippen molar-refractivity contribution in [1.82, 2.24) is 47.3 Å². The fourth-order valence-electron chi connectivity index (χ4n) is 14.8. The van der Waals surface area contributed by atoms with E-state index in [0.29, 0.717) is 84.3 Å². The van der Waals surface area contributed by atoms with Crippen LogP contribution in [0.2, 0.25) is 0 Å². The molecule has 16 aromatic rings. The van der Waals surface area contributed by atoms with Crippen LogP contribution in [0.4, 0.5) is 28.4 Å². The quantitative estimate of drug-likeness (QED) is 0.0146. The molecular weight excluding hydrogens is 1690 g/mol. The first-order valence-corrected chi connectivity index (χ1v) is 44.9. The summed E-state index contributed by atoms with van der Waals surface area (Å²) in [7, 11) is 30.8. The van der Waals surface area contributed by atoms with E-state index in [2.05, 4.69) is 143 Å². The van der Waals surface area contributed by atoms with Crippen molar-refractivity contribution >= 4 is 130 Å². The van der Waals surface area contributed by atoms with Gasteiger partial charge in [0, 0.05) is 107 Å². The van der Waals surface area contributed by atoms with Crippen molar-refractivity contribution < 1.29 is 62.0 Å². The molecule has 0 unspecified atom stereocenters. The Labute approximate surface area is 789 Å². The van der Waals surface area contributed by atoms with Crippen molar-refractivity contribution in [3.05, 3.63) is 363 Å². The highest BCUT2D eigenvalue weighted by Gasteiger charge is 2.24. The van der Waals surface area contributed by atoms with Crippen LogP contribution < -0.4 is 22.4 Å². The number of fused-ring (bicyclic) bond motifs is 5. The van der Waals surface area contributed by atoms with Crippen molar-refractivity contribution in [3.8, 4) is 0 Å². The number of hydrogen-bond acceptors (Lipinski definition) is 13. The van der Waals surface area contributed by atoms with Gasteiger partial charge in [-0.2, -0.15) is 0 Å². The largest absolute Gasteiger partial charge is 0.456 e. The number of hydrogen-bond donors (Lipinski definition) is 5. The molecule has 0 amide bonds. The average Bonchev–Trinajstić information content (AvgIpc) is 1.70. The molecule has 5 heterocycles. The number of ketones is 3. The molecular formula is C112H125N10O13+5. The zero-order valence-corrected chi connectivity index (χ0v) is 81.2. The van der Waals surface area contributed by atoms with E-state index in [1.165, 1.54) is 11.1 Å². The summed E-state index contributed by atoms with van der Waals surface area (Å²) < 4.78 is 30.6. The number of H-pyrrole nitrogens is 5. The number of Topliss-reactive ketones (excluding diaryl/α,β-unsaturated/α-hetero) is 2. The molecule has 0 saturated carbocycles. The fraction of sp³-hybridized carbons (Fsp3) is 0.250. The van der Waals surface area contributed by atoms with Gasteiger partial charge in [-0.3, -0.25) is 36.8 Å². The number of carbonyl (C=O) groups is 8. The number of aromatic amines is 5. The van der Waals surface area contributed by atoms with Gasteiger partial charge in [-0.25, -0.2) is 24.0 Å². The van der Waals surface area contributed by atoms with Gasteiger partial charge in [0.05, 0.1) is 162 Å². The predicted octanol–water partition coefficient (Wildman–Crippen LogP) is 22.5. The number of esters is 5. The molecule has 23 nitrogen and oxygen atoms in total. The Morgan fingerprint density at radius 1 is 0.230 bits per heavy atom. The molecule has 0 atom stereocenters. The van der Waals surface area contributed by atoms with E-state index in [0.717, 1.165) is 111 Å². The van der Waals surface area contributed by atoms with Crippen molar-refractivity contribution in [2.75, 3.05) is 106 Å². The Balaban J connectivity index is 0.000000152. The summed E-state index contributed by atoms with van der Waals surface area (Å²) in [4.78, 5) is 114. The third-order valence-corrected chi connectivity index (χ3v) is 23.0. The first kappa shape index (κ1) is 99.3. The smallest absolute Gasteiger partial charge is 0.338 e. The maximum Gasteiger partial charge on any atom is 0.338 e. The first-order valence-electron chi connectivity index (χ1n) is 44.9. The van der Waals surface area contributed by atoms with E-state index >= 15 is 0 Å². The molecule has 0 saturated heterocycles. The number of carbonyl (C=O) groups excluding carboxylic acids is 8. The number of rotatable bonds is 26. The lowest BCUT2D eigenvalue weighted by Gasteiger charge is -2.23. The monoisotopic (exact) mass is 1820 g/mol. The maximum atomic E-state index is 12.7. The average molecular weight is 1820 g/mol. The summed E-state index contributed by atoms with van der Waals surface area (Å²) in [6, 6.07) is 85.9. The van der Waals surface area contributed by atoms with Crippen LogP contribution in [0.3, 0.4) is 0 Å². The van der Waals surface area contributed by atoms with Gasteiger partial charge in [0.1, 0.15) is 61.5 Å². The zero-order valence-electron chi connectivity index (χ0n) is 81.2. The van der Waals surface area contributed by atoms with Gasteiger partial charge in [-0.1, -0.05) is 100 Å². The Morgan fingerprint density at radius 3 is 0.674 bits per heavy atom. The third kappa shape index (κ3) is 26.8. The second-order valence-corrected chi connectivity index (χ2v) is 38.9. The summed E-state index contributed by atoms with van der Waals surface area (Å²) >= 11 is 0. The van der Waals surface area contributed by atoms with Crippen molar-refractivity contribution in [2.45, 2.75) is 86.4 Å². The fourth-order valence-corrected chi connectivity index (χ4v) is 14.8. The van der Waals surface area contributed by atoms with Crippen molar-refractivity contribution in [1.29, 1.82) is 0 Å². The molecule has 23 heteroatoms.